The molecule has 0 aliphatic carbocycles. The second kappa shape index (κ2) is 7.59. The first kappa shape index (κ1) is 19.6. The largest absolute Gasteiger partial charge is 0.497 e. The molecule has 0 bridgehead atoms. The van der Waals surface area contributed by atoms with E-state index < -0.39 is 23.7 Å². The van der Waals surface area contributed by atoms with Gasteiger partial charge in [0.2, 0.25) is 5.91 Å². The highest BCUT2D eigenvalue weighted by molar-refractivity contribution is 7.14. The summed E-state index contributed by atoms with van der Waals surface area (Å²) in [6.45, 7) is -0.427. The van der Waals surface area contributed by atoms with Crippen molar-refractivity contribution in [1.29, 1.82) is 0 Å². The summed E-state index contributed by atoms with van der Waals surface area (Å²) in [6.07, 6.45) is 1.45. The third kappa shape index (κ3) is 3.39. The van der Waals surface area contributed by atoms with Gasteiger partial charge >= 0.3 is 5.69 Å². The Hall–Kier alpha value is -3.73. The van der Waals surface area contributed by atoms with E-state index in [9.17, 15) is 14.4 Å². The Kier molecular flexibility index (Phi) is 4.96. The topological polar surface area (TPSA) is 113 Å². The summed E-state index contributed by atoms with van der Waals surface area (Å²) in [4.78, 5) is 46.2. The fourth-order valence-electron chi connectivity index (χ4n) is 3.06. The van der Waals surface area contributed by atoms with Crippen LogP contribution >= 0.6 is 11.3 Å². The lowest BCUT2D eigenvalue weighted by molar-refractivity contribution is -0.116. The predicted octanol–water partition coefficient (Wildman–Crippen LogP) is 1.20. The van der Waals surface area contributed by atoms with Gasteiger partial charge in [-0.2, -0.15) is 0 Å². The van der Waals surface area contributed by atoms with Crippen LogP contribution in [0.3, 0.4) is 0 Å². The zero-order valence-electron chi connectivity index (χ0n) is 16.4. The van der Waals surface area contributed by atoms with Crippen LogP contribution in [-0.4, -0.2) is 36.7 Å². The van der Waals surface area contributed by atoms with Gasteiger partial charge in [0.15, 0.2) is 16.3 Å². The van der Waals surface area contributed by atoms with Crippen molar-refractivity contribution in [3.05, 3.63) is 56.8 Å². The molecule has 154 valence electrons. The average molecular weight is 426 g/mol. The van der Waals surface area contributed by atoms with Crippen molar-refractivity contribution in [1.82, 2.24) is 23.7 Å². The van der Waals surface area contributed by atoms with Gasteiger partial charge in [-0.15, -0.1) is 11.3 Å². The maximum atomic E-state index is 12.7. The maximum absolute atomic E-state index is 12.7. The number of rotatable bonds is 5. The van der Waals surface area contributed by atoms with Gasteiger partial charge in [-0.25, -0.2) is 19.3 Å². The van der Waals surface area contributed by atoms with Crippen LogP contribution in [0.25, 0.3) is 22.4 Å². The van der Waals surface area contributed by atoms with Gasteiger partial charge in [0.25, 0.3) is 5.56 Å². The molecule has 0 fully saturated rings. The van der Waals surface area contributed by atoms with Crippen LogP contribution in [0.15, 0.2) is 45.6 Å². The van der Waals surface area contributed by atoms with Crippen LogP contribution in [0.4, 0.5) is 5.13 Å². The number of amides is 1. The number of carbonyl (C=O) groups is 1. The van der Waals surface area contributed by atoms with Crippen molar-refractivity contribution in [3.8, 4) is 17.0 Å². The van der Waals surface area contributed by atoms with Gasteiger partial charge in [-0.3, -0.25) is 14.2 Å². The highest BCUT2D eigenvalue weighted by Gasteiger charge is 2.17. The van der Waals surface area contributed by atoms with Crippen molar-refractivity contribution < 1.29 is 9.53 Å². The van der Waals surface area contributed by atoms with E-state index in [1.165, 1.54) is 33.8 Å². The Bertz CT molecular complexity index is 1360. The number of thiazole rings is 1. The third-order valence-corrected chi connectivity index (χ3v) is 5.40. The quantitative estimate of drug-likeness (QED) is 0.513. The molecule has 3 aromatic heterocycles. The van der Waals surface area contributed by atoms with E-state index in [0.717, 1.165) is 15.9 Å². The summed E-state index contributed by atoms with van der Waals surface area (Å²) >= 11 is 1.25. The zero-order valence-corrected chi connectivity index (χ0v) is 17.3. The van der Waals surface area contributed by atoms with Gasteiger partial charge in [0.1, 0.15) is 12.3 Å². The van der Waals surface area contributed by atoms with E-state index >= 15 is 0 Å². The minimum atomic E-state index is -0.612. The second-order valence-corrected chi connectivity index (χ2v) is 7.43. The second-order valence-electron chi connectivity index (χ2n) is 6.58. The highest BCUT2D eigenvalue weighted by atomic mass is 32.1. The van der Waals surface area contributed by atoms with Crippen molar-refractivity contribution >= 4 is 33.5 Å². The molecule has 1 N–H and O–H groups in total. The maximum Gasteiger partial charge on any atom is 0.332 e. The highest BCUT2D eigenvalue weighted by Crippen LogP contribution is 2.26. The van der Waals surface area contributed by atoms with Gasteiger partial charge in [-0.1, -0.05) is 0 Å². The number of anilines is 1. The summed E-state index contributed by atoms with van der Waals surface area (Å²) in [5.74, 6) is 0.214. The Morgan fingerprint density at radius 1 is 1.20 bits per heavy atom. The summed E-state index contributed by atoms with van der Waals surface area (Å²) < 4.78 is 8.79. The van der Waals surface area contributed by atoms with Crippen molar-refractivity contribution in [3.63, 3.8) is 0 Å². The molecule has 30 heavy (non-hydrogen) atoms. The Balaban J connectivity index is 1.56. The number of hydrogen-bond acceptors (Lipinski definition) is 7. The first-order chi connectivity index (χ1) is 14.4. The molecule has 4 aromatic rings. The molecule has 1 aromatic carbocycles. The van der Waals surface area contributed by atoms with Gasteiger partial charge in [0, 0.05) is 25.0 Å². The van der Waals surface area contributed by atoms with Crippen LogP contribution in [0, 0.1) is 0 Å². The van der Waals surface area contributed by atoms with Crippen molar-refractivity contribution in [2.24, 2.45) is 14.1 Å². The normalized spacial score (nSPS) is 11.0. The number of aromatic nitrogens is 5. The molecule has 3 heterocycles. The molecule has 0 spiro atoms. The number of ether oxygens (including phenoxy) is 1. The first-order valence-corrected chi connectivity index (χ1v) is 9.77. The van der Waals surface area contributed by atoms with Crippen LogP contribution < -0.4 is 21.3 Å². The molecular formula is C19H18N6O4S. The lowest BCUT2D eigenvalue weighted by Crippen LogP contribution is -2.42. The van der Waals surface area contributed by atoms with Crippen molar-refractivity contribution in [2.75, 3.05) is 12.4 Å². The molecule has 11 heteroatoms. The van der Waals surface area contributed by atoms with Crippen LogP contribution in [-0.2, 0) is 25.4 Å². The van der Waals surface area contributed by atoms with E-state index in [0.29, 0.717) is 10.8 Å². The predicted molar refractivity (Wildman–Crippen MR) is 113 cm³/mol. The standard InChI is InChI=1S/C19H18N6O4S/c1-23-10-20-16-15(23)17(27)25(19(28)24(16)2)8-14(26)22-18-21-13(9-30-18)11-4-6-12(29-3)7-5-11/h4-7,9-10H,8H2,1-3H3,(H,21,22,26). The molecule has 0 aliphatic heterocycles. The molecule has 0 saturated carbocycles. The minimum absolute atomic E-state index is 0.251. The number of methoxy groups -OCH3 is 1. The number of nitrogens with zero attached hydrogens (tertiary/aromatic N) is 5. The summed E-state index contributed by atoms with van der Waals surface area (Å²) in [7, 11) is 4.76. The molecule has 0 radical (unpaired) electrons. The van der Waals surface area contributed by atoms with Crippen molar-refractivity contribution in [2.45, 2.75) is 6.54 Å². The molecule has 0 saturated heterocycles. The van der Waals surface area contributed by atoms with E-state index in [2.05, 4.69) is 15.3 Å². The Labute approximate surface area is 174 Å². The monoisotopic (exact) mass is 426 g/mol. The molecular weight excluding hydrogens is 408 g/mol. The zero-order chi connectivity index (χ0) is 21.4. The number of nitrogens with one attached hydrogen (secondary N) is 1. The molecule has 4 rings (SSSR count). The number of aryl methyl sites for hydroxylation is 2. The van der Waals surface area contributed by atoms with Gasteiger partial charge in [-0.05, 0) is 24.3 Å². The molecule has 10 nitrogen and oxygen atoms in total. The van der Waals surface area contributed by atoms with E-state index in [4.69, 9.17) is 4.74 Å². The number of carbonyl (C=O) groups excluding carboxylic acids is 1. The fourth-order valence-corrected chi connectivity index (χ4v) is 3.80. The first-order valence-electron chi connectivity index (χ1n) is 8.89. The summed E-state index contributed by atoms with van der Waals surface area (Å²) in [5.41, 5.74) is 0.913. The van der Waals surface area contributed by atoms with Gasteiger partial charge < -0.3 is 14.6 Å². The molecule has 0 atom stereocenters. The van der Waals surface area contributed by atoms with E-state index in [1.54, 1.807) is 14.2 Å². The summed E-state index contributed by atoms with van der Waals surface area (Å²) in [5, 5.41) is 4.83. The van der Waals surface area contributed by atoms with Gasteiger partial charge in [0.05, 0.1) is 19.1 Å². The Morgan fingerprint density at radius 2 is 1.93 bits per heavy atom. The smallest absolute Gasteiger partial charge is 0.332 e. The van der Waals surface area contributed by atoms with E-state index in [1.807, 2.05) is 29.6 Å². The molecule has 0 aliphatic rings. The lowest BCUT2D eigenvalue weighted by atomic mass is 10.2. The van der Waals surface area contributed by atoms with E-state index in [-0.39, 0.29) is 11.2 Å². The number of fused-ring (bicyclic) bond motifs is 1. The number of imidazole rings is 1. The average Bonchev–Trinajstić information content (AvgIpc) is 3.36. The third-order valence-electron chi connectivity index (χ3n) is 4.64. The lowest BCUT2D eigenvalue weighted by Gasteiger charge is -2.08. The fraction of sp³-hybridized carbons (Fsp3) is 0.211. The number of benzene rings is 1. The van der Waals surface area contributed by atoms with Crippen LogP contribution in [0.2, 0.25) is 0 Å². The van der Waals surface area contributed by atoms with Crippen LogP contribution in [0.5, 0.6) is 5.75 Å². The minimum Gasteiger partial charge on any atom is -0.497 e. The number of hydrogen-bond donors (Lipinski definition) is 1. The molecule has 0 unspecified atom stereocenters. The molecule has 1 amide bonds. The SMILES string of the molecule is COc1ccc(-c2csc(NC(=O)Cn3c(=O)c4c(ncn4C)n(C)c3=O)n2)cc1. The summed E-state index contributed by atoms with van der Waals surface area (Å²) in [6, 6.07) is 7.38. The Morgan fingerprint density at radius 3 is 2.63 bits per heavy atom. The van der Waals surface area contributed by atoms with Crippen LogP contribution in [0.1, 0.15) is 0 Å².